The Labute approximate surface area is 77.8 Å². The first-order valence-electron chi connectivity index (χ1n) is 2.62. The molecule has 2 N–H and O–H groups in total. The Morgan fingerprint density at radius 1 is 1.18 bits per heavy atom. The molecular formula is C6H3Cl3FN. The molecule has 11 heavy (non-hydrogen) atoms. The molecule has 0 atom stereocenters. The first-order chi connectivity index (χ1) is 5.04. The number of nitrogen functional groups attached to an aromatic ring is 1. The molecule has 0 aliphatic rings. The Morgan fingerprint density at radius 3 is 2.27 bits per heavy atom. The zero-order valence-electron chi connectivity index (χ0n) is 5.17. The minimum atomic E-state index is -0.741. The molecule has 0 aliphatic heterocycles. The molecule has 0 aliphatic carbocycles. The van der Waals surface area contributed by atoms with E-state index in [1.165, 1.54) is 6.07 Å². The monoisotopic (exact) mass is 213 g/mol. The van der Waals surface area contributed by atoms with Gasteiger partial charge in [0.25, 0.3) is 0 Å². The van der Waals surface area contributed by atoms with Crippen LogP contribution in [0.1, 0.15) is 0 Å². The van der Waals surface area contributed by atoms with E-state index in [1.807, 2.05) is 0 Å². The number of hydrogen-bond donors (Lipinski definition) is 1. The summed E-state index contributed by atoms with van der Waals surface area (Å²) in [6.45, 7) is 0. The zero-order valence-corrected chi connectivity index (χ0v) is 7.43. The SMILES string of the molecule is Nc1c(Cl)cc(Cl)c(F)c1Cl. The van der Waals surface area contributed by atoms with Crippen LogP contribution in [0, 0.1) is 5.82 Å². The van der Waals surface area contributed by atoms with E-state index in [2.05, 4.69) is 0 Å². The van der Waals surface area contributed by atoms with Gasteiger partial charge in [0.1, 0.15) is 5.02 Å². The van der Waals surface area contributed by atoms with E-state index < -0.39 is 5.82 Å². The van der Waals surface area contributed by atoms with Crippen molar-refractivity contribution in [1.82, 2.24) is 0 Å². The van der Waals surface area contributed by atoms with Crippen LogP contribution in [0.5, 0.6) is 0 Å². The summed E-state index contributed by atoms with van der Waals surface area (Å²) in [5.41, 5.74) is 5.30. The third-order valence-corrected chi connectivity index (χ3v) is 2.11. The largest absolute Gasteiger partial charge is 0.396 e. The summed E-state index contributed by atoms with van der Waals surface area (Å²) in [6, 6.07) is 1.21. The lowest BCUT2D eigenvalue weighted by atomic mass is 10.3. The van der Waals surface area contributed by atoms with Crippen molar-refractivity contribution >= 4 is 40.5 Å². The van der Waals surface area contributed by atoms with Gasteiger partial charge in [0, 0.05) is 0 Å². The summed E-state index contributed by atoms with van der Waals surface area (Å²) in [6.07, 6.45) is 0. The van der Waals surface area contributed by atoms with Crippen LogP contribution in [-0.2, 0) is 0 Å². The van der Waals surface area contributed by atoms with Gasteiger partial charge in [-0.1, -0.05) is 34.8 Å². The molecule has 0 saturated carbocycles. The second-order valence-corrected chi connectivity index (χ2v) is 3.07. The summed E-state index contributed by atoms with van der Waals surface area (Å²) in [4.78, 5) is 0. The van der Waals surface area contributed by atoms with Crippen LogP contribution < -0.4 is 5.73 Å². The third-order valence-electron chi connectivity index (χ3n) is 1.15. The highest BCUT2D eigenvalue weighted by Crippen LogP contribution is 2.34. The molecular weight excluding hydrogens is 211 g/mol. The van der Waals surface area contributed by atoms with Gasteiger partial charge in [-0.15, -0.1) is 0 Å². The quantitative estimate of drug-likeness (QED) is 0.400. The van der Waals surface area contributed by atoms with Crippen LogP contribution in [0.4, 0.5) is 10.1 Å². The number of hydrogen-bond acceptors (Lipinski definition) is 1. The maximum absolute atomic E-state index is 12.8. The lowest BCUT2D eigenvalue weighted by Gasteiger charge is -2.02. The normalized spacial score (nSPS) is 10.2. The number of nitrogens with two attached hydrogens (primary N) is 1. The average molecular weight is 214 g/mol. The second kappa shape index (κ2) is 3.05. The van der Waals surface area contributed by atoms with Crippen molar-refractivity contribution in [2.75, 3.05) is 5.73 Å². The third kappa shape index (κ3) is 1.53. The number of halogens is 4. The number of anilines is 1. The van der Waals surface area contributed by atoms with Crippen LogP contribution in [0.3, 0.4) is 0 Å². The lowest BCUT2D eigenvalue weighted by molar-refractivity contribution is 0.629. The first-order valence-corrected chi connectivity index (χ1v) is 3.76. The predicted molar refractivity (Wildman–Crippen MR) is 45.8 cm³/mol. The van der Waals surface area contributed by atoms with E-state index in [4.69, 9.17) is 40.5 Å². The molecule has 60 valence electrons. The average Bonchev–Trinajstić information content (AvgIpc) is 1.97. The molecule has 1 rings (SSSR count). The summed E-state index contributed by atoms with van der Waals surface area (Å²) in [5, 5.41) is -0.210. The Morgan fingerprint density at radius 2 is 1.73 bits per heavy atom. The fraction of sp³-hybridized carbons (Fsp3) is 0. The van der Waals surface area contributed by atoms with Crippen molar-refractivity contribution in [3.63, 3.8) is 0 Å². The minimum absolute atomic E-state index is 0.00948. The molecule has 0 amide bonds. The van der Waals surface area contributed by atoms with Crippen molar-refractivity contribution in [3.8, 4) is 0 Å². The minimum Gasteiger partial charge on any atom is -0.396 e. The maximum atomic E-state index is 12.8. The predicted octanol–water partition coefficient (Wildman–Crippen LogP) is 3.37. The Balaban J connectivity index is 3.46. The highest BCUT2D eigenvalue weighted by atomic mass is 35.5. The van der Waals surface area contributed by atoms with E-state index in [-0.39, 0.29) is 20.8 Å². The molecule has 0 bridgehead atoms. The Bertz CT molecular complexity index is 274. The molecule has 0 heterocycles. The maximum Gasteiger partial charge on any atom is 0.162 e. The van der Waals surface area contributed by atoms with Gasteiger partial charge in [-0.05, 0) is 6.07 Å². The second-order valence-electron chi connectivity index (χ2n) is 1.88. The van der Waals surface area contributed by atoms with Crippen LogP contribution in [0.15, 0.2) is 6.07 Å². The highest BCUT2D eigenvalue weighted by molar-refractivity contribution is 6.41. The van der Waals surface area contributed by atoms with Gasteiger partial charge in [0.2, 0.25) is 0 Å². The molecule has 1 nitrogen and oxygen atoms in total. The molecule has 0 aromatic heterocycles. The molecule has 0 saturated heterocycles. The first kappa shape index (κ1) is 8.91. The van der Waals surface area contributed by atoms with Crippen molar-refractivity contribution in [2.45, 2.75) is 0 Å². The van der Waals surface area contributed by atoms with Crippen LogP contribution in [0.2, 0.25) is 15.1 Å². The Hall–Kier alpha value is -0.180. The topological polar surface area (TPSA) is 26.0 Å². The fourth-order valence-electron chi connectivity index (χ4n) is 0.580. The molecule has 0 fully saturated rings. The van der Waals surface area contributed by atoms with Crippen molar-refractivity contribution < 1.29 is 4.39 Å². The van der Waals surface area contributed by atoms with Crippen LogP contribution in [0.25, 0.3) is 0 Å². The van der Waals surface area contributed by atoms with E-state index >= 15 is 0 Å². The van der Waals surface area contributed by atoms with E-state index in [1.54, 1.807) is 0 Å². The lowest BCUT2D eigenvalue weighted by Crippen LogP contribution is -1.91. The van der Waals surface area contributed by atoms with Crippen LogP contribution in [-0.4, -0.2) is 0 Å². The van der Waals surface area contributed by atoms with Gasteiger partial charge in [-0.3, -0.25) is 0 Å². The molecule has 1 aromatic rings. The number of rotatable bonds is 0. The van der Waals surface area contributed by atoms with Crippen LogP contribution >= 0.6 is 34.8 Å². The van der Waals surface area contributed by atoms with Crippen molar-refractivity contribution in [1.29, 1.82) is 0 Å². The van der Waals surface area contributed by atoms with Gasteiger partial charge >= 0.3 is 0 Å². The van der Waals surface area contributed by atoms with Gasteiger partial charge in [0.05, 0.1) is 15.7 Å². The van der Waals surface area contributed by atoms with Gasteiger partial charge in [-0.25, -0.2) is 4.39 Å². The zero-order chi connectivity index (χ0) is 8.59. The highest BCUT2D eigenvalue weighted by Gasteiger charge is 2.11. The smallest absolute Gasteiger partial charge is 0.162 e. The van der Waals surface area contributed by atoms with Gasteiger partial charge < -0.3 is 5.73 Å². The van der Waals surface area contributed by atoms with Gasteiger partial charge in [-0.2, -0.15) is 0 Å². The molecule has 0 unspecified atom stereocenters. The molecule has 0 radical (unpaired) electrons. The van der Waals surface area contributed by atoms with E-state index in [0.29, 0.717) is 0 Å². The van der Waals surface area contributed by atoms with Gasteiger partial charge in [0.15, 0.2) is 5.82 Å². The number of benzene rings is 1. The van der Waals surface area contributed by atoms with E-state index in [9.17, 15) is 4.39 Å². The van der Waals surface area contributed by atoms with E-state index in [0.717, 1.165) is 0 Å². The molecule has 0 spiro atoms. The summed E-state index contributed by atoms with van der Waals surface area (Å²) in [5.74, 6) is -0.741. The molecule has 5 heteroatoms. The summed E-state index contributed by atoms with van der Waals surface area (Å²) in [7, 11) is 0. The fourth-order valence-corrected chi connectivity index (χ4v) is 1.34. The summed E-state index contributed by atoms with van der Waals surface area (Å²) < 4.78 is 12.8. The Kier molecular flexibility index (Phi) is 2.47. The van der Waals surface area contributed by atoms with Crippen molar-refractivity contribution in [3.05, 3.63) is 27.0 Å². The molecule has 1 aromatic carbocycles. The van der Waals surface area contributed by atoms with Crippen molar-refractivity contribution in [2.24, 2.45) is 0 Å². The standard InChI is InChI=1S/C6H3Cl3FN/c7-2-1-3(8)6(11)4(9)5(2)10/h1H,11H2. The summed E-state index contributed by atoms with van der Waals surface area (Å²) >= 11 is 16.3.